The smallest absolute Gasteiger partial charge is 0.260 e. The summed E-state index contributed by atoms with van der Waals surface area (Å²) in [7, 11) is 0. The summed E-state index contributed by atoms with van der Waals surface area (Å²) in [6, 6.07) is 5.15. The Hall–Kier alpha value is -3.39. The van der Waals surface area contributed by atoms with Gasteiger partial charge in [0.1, 0.15) is 0 Å². The van der Waals surface area contributed by atoms with Gasteiger partial charge in [-0.3, -0.25) is 44.0 Å². The van der Waals surface area contributed by atoms with E-state index in [9.17, 15) is 24.0 Å². The topological polar surface area (TPSA) is 132 Å². The number of nitrogens with zero attached hydrogens (tertiary/aromatic N) is 5. The summed E-state index contributed by atoms with van der Waals surface area (Å²) in [6.07, 6.45) is 2.02. The van der Waals surface area contributed by atoms with Crippen molar-refractivity contribution in [3.8, 4) is 0 Å². The maximum atomic E-state index is 13.1. The van der Waals surface area contributed by atoms with Gasteiger partial charge in [0.05, 0.1) is 26.4 Å². The number of imide groups is 2. The van der Waals surface area contributed by atoms with E-state index < -0.39 is 17.9 Å². The van der Waals surface area contributed by atoms with Crippen LogP contribution in [0.25, 0.3) is 0 Å². The maximum absolute atomic E-state index is 13.1. The van der Waals surface area contributed by atoms with Gasteiger partial charge >= 0.3 is 0 Å². The number of anilines is 1. The molecule has 43 heavy (non-hydrogen) atoms. The summed E-state index contributed by atoms with van der Waals surface area (Å²) >= 11 is 0. The molecule has 0 radical (unpaired) electrons. The van der Waals surface area contributed by atoms with Crippen molar-refractivity contribution in [3.05, 3.63) is 29.3 Å². The Morgan fingerprint density at radius 1 is 0.907 bits per heavy atom. The van der Waals surface area contributed by atoms with Gasteiger partial charge in [-0.05, 0) is 44.0 Å². The Kier molecular flexibility index (Phi) is 14.5. The van der Waals surface area contributed by atoms with E-state index in [1.807, 2.05) is 19.1 Å². The summed E-state index contributed by atoms with van der Waals surface area (Å²) < 4.78 is 11.5. The van der Waals surface area contributed by atoms with Gasteiger partial charge in [0, 0.05) is 89.2 Å². The molecule has 2 aliphatic heterocycles. The van der Waals surface area contributed by atoms with Gasteiger partial charge in [-0.25, -0.2) is 0 Å². The fraction of sp³-hybridized carbons (Fsp3) is 0.633. The van der Waals surface area contributed by atoms with E-state index in [2.05, 4.69) is 20.0 Å². The molecule has 5 amide bonds. The van der Waals surface area contributed by atoms with Crippen LogP contribution in [-0.2, 0) is 28.7 Å². The Balaban J connectivity index is 1.32. The fourth-order valence-corrected chi connectivity index (χ4v) is 5.22. The van der Waals surface area contributed by atoms with Crippen LogP contribution in [0.5, 0.6) is 0 Å². The first-order valence-electron chi connectivity index (χ1n) is 15.0. The van der Waals surface area contributed by atoms with E-state index in [-0.39, 0.29) is 12.8 Å². The first-order valence-corrected chi connectivity index (χ1v) is 15.0. The van der Waals surface area contributed by atoms with E-state index in [1.165, 1.54) is 0 Å². The molecule has 13 heteroatoms. The van der Waals surface area contributed by atoms with E-state index >= 15 is 0 Å². The molecule has 2 aliphatic rings. The summed E-state index contributed by atoms with van der Waals surface area (Å²) in [5.41, 5.74) is 2.25. The molecule has 0 bridgehead atoms. The number of benzene rings is 1. The normalized spacial score (nSPS) is 16.9. The number of nitrogens with one attached hydrogen (secondary N) is 1. The van der Waals surface area contributed by atoms with Crippen LogP contribution in [0.15, 0.2) is 18.2 Å². The maximum Gasteiger partial charge on any atom is 0.260 e. The minimum Gasteiger partial charge on any atom is -0.378 e. The molecule has 1 aromatic rings. The number of rotatable bonds is 18. The van der Waals surface area contributed by atoms with E-state index in [0.717, 1.165) is 88.0 Å². The summed E-state index contributed by atoms with van der Waals surface area (Å²) in [6.45, 7) is 14.6. The molecule has 1 N–H and O–H groups in total. The Morgan fingerprint density at radius 2 is 1.51 bits per heavy atom. The predicted octanol–water partition coefficient (Wildman–Crippen LogP) is -0.0359. The summed E-state index contributed by atoms with van der Waals surface area (Å²) in [4.78, 5) is 67.4. The minimum absolute atomic E-state index is 0.0335. The van der Waals surface area contributed by atoms with Crippen LogP contribution in [0.2, 0.25) is 0 Å². The highest BCUT2D eigenvalue weighted by atomic mass is 16.5. The summed E-state index contributed by atoms with van der Waals surface area (Å²) in [5, 5.41) is 2.06. The van der Waals surface area contributed by atoms with Gasteiger partial charge < -0.3 is 19.3 Å². The zero-order chi connectivity index (χ0) is 31.0. The van der Waals surface area contributed by atoms with Crippen molar-refractivity contribution in [1.82, 2.24) is 24.9 Å². The van der Waals surface area contributed by atoms with Crippen molar-refractivity contribution in [2.75, 3.05) is 96.8 Å². The number of piperazine rings is 2. The molecule has 1 aromatic carbocycles. The average Bonchev–Trinajstić information content (AvgIpc) is 3.02. The van der Waals surface area contributed by atoms with E-state index in [0.29, 0.717) is 44.8 Å². The van der Waals surface area contributed by atoms with Crippen molar-refractivity contribution in [1.29, 1.82) is 0 Å². The van der Waals surface area contributed by atoms with Crippen molar-refractivity contribution < 1.29 is 33.4 Å². The van der Waals surface area contributed by atoms with Crippen LogP contribution in [0, 0.1) is 6.92 Å². The third kappa shape index (κ3) is 11.0. The second-order valence-electron chi connectivity index (χ2n) is 10.9. The average molecular weight is 603 g/mol. The van der Waals surface area contributed by atoms with Gasteiger partial charge in [-0.2, -0.15) is 0 Å². The molecule has 0 spiro atoms. The van der Waals surface area contributed by atoms with Gasteiger partial charge in [-0.15, -0.1) is 0 Å². The monoisotopic (exact) mass is 602 g/mol. The molecule has 0 aromatic heterocycles. The lowest BCUT2D eigenvalue weighted by atomic mass is 10.0. The molecular weight excluding hydrogens is 556 g/mol. The lowest BCUT2D eigenvalue weighted by molar-refractivity contribution is -0.126. The van der Waals surface area contributed by atoms with Crippen LogP contribution in [0.4, 0.5) is 5.69 Å². The van der Waals surface area contributed by atoms with Gasteiger partial charge in [0.2, 0.25) is 25.1 Å². The number of aryl methyl sites for hydroxylation is 1. The van der Waals surface area contributed by atoms with Crippen molar-refractivity contribution in [2.24, 2.45) is 0 Å². The number of carbonyl (C=O) groups is 5. The number of hydrogen-bond acceptors (Lipinski definition) is 10. The quantitative estimate of drug-likeness (QED) is 0.180. The first-order chi connectivity index (χ1) is 20.9. The van der Waals surface area contributed by atoms with E-state index in [1.54, 1.807) is 17.9 Å². The van der Waals surface area contributed by atoms with Gasteiger partial charge in [0.25, 0.3) is 5.91 Å². The van der Waals surface area contributed by atoms with Crippen molar-refractivity contribution in [2.45, 2.75) is 32.7 Å². The van der Waals surface area contributed by atoms with Crippen molar-refractivity contribution >= 4 is 36.7 Å². The third-order valence-electron chi connectivity index (χ3n) is 8.04. The van der Waals surface area contributed by atoms with Crippen LogP contribution >= 0.6 is 0 Å². The Morgan fingerprint density at radius 3 is 2.05 bits per heavy atom. The lowest BCUT2D eigenvalue weighted by Crippen LogP contribution is -2.47. The number of amides is 5. The lowest BCUT2D eigenvalue weighted by Gasteiger charge is -2.36. The van der Waals surface area contributed by atoms with Crippen LogP contribution < -0.4 is 10.2 Å². The first kappa shape index (κ1) is 34.1. The molecule has 1 unspecified atom stereocenters. The molecule has 2 heterocycles. The molecule has 13 nitrogen and oxygen atoms in total. The molecule has 238 valence electrons. The fourth-order valence-electron chi connectivity index (χ4n) is 5.22. The summed E-state index contributed by atoms with van der Waals surface area (Å²) in [5.74, 6) is -0.861. The zero-order valence-electron chi connectivity index (χ0n) is 25.4. The van der Waals surface area contributed by atoms with Crippen LogP contribution in [0.3, 0.4) is 0 Å². The number of ether oxygens (including phenoxy) is 2. The van der Waals surface area contributed by atoms with E-state index in [4.69, 9.17) is 9.47 Å². The zero-order valence-corrected chi connectivity index (χ0v) is 25.4. The van der Waals surface area contributed by atoms with Crippen LogP contribution in [0.1, 0.15) is 35.7 Å². The number of carbonyl (C=O) groups excluding carboxylic acids is 5. The highest BCUT2D eigenvalue weighted by molar-refractivity contribution is 6.01. The molecule has 0 saturated carbocycles. The highest BCUT2D eigenvalue weighted by Gasteiger charge is 2.24. The second kappa shape index (κ2) is 18.3. The minimum atomic E-state index is -0.492. The molecule has 2 saturated heterocycles. The third-order valence-corrected chi connectivity index (χ3v) is 8.04. The largest absolute Gasteiger partial charge is 0.378 e. The van der Waals surface area contributed by atoms with Gasteiger partial charge in [-0.1, -0.05) is 0 Å². The Bertz CT molecular complexity index is 1060. The second-order valence-corrected chi connectivity index (χ2v) is 10.9. The Labute approximate surface area is 254 Å². The standard InChI is InChI=1S/C30H46N6O7/c1-25-21-27(4-5-28(25)30(41)36(24-39)26(2)3-6-29(40)31-22-37)35-13-11-33(12-14-35)16-18-43-20-19-42-17-15-32-7-9-34(23-38)10-8-32/h4-5,21-24,26H,3,6-20H2,1-2H3,(H,31,37,40). The van der Waals surface area contributed by atoms with Crippen LogP contribution in [-0.4, -0.2) is 149 Å². The molecular formula is C30H46N6O7. The molecule has 0 aliphatic carbocycles. The SMILES string of the molecule is Cc1cc(N2CCN(CCOCCOCCN3CCN(C=O)CC3)CC2)ccc1C(=O)N(C=O)C(C)CCC(=O)NC=O. The van der Waals surface area contributed by atoms with Gasteiger partial charge in [0.15, 0.2) is 0 Å². The molecule has 3 rings (SSSR count). The number of hydrogen-bond donors (Lipinski definition) is 1. The van der Waals surface area contributed by atoms with Crippen molar-refractivity contribution in [3.63, 3.8) is 0 Å². The predicted molar refractivity (Wildman–Crippen MR) is 161 cm³/mol. The molecule has 1 atom stereocenters. The molecule has 2 fully saturated rings. The highest BCUT2D eigenvalue weighted by Crippen LogP contribution is 2.22.